The molecular formula is C22H30N4O2. The molecule has 2 aliphatic rings. The highest BCUT2D eigenvalue weighted by molar-refractivity contribution is 5.79. The van der Waals surface area contributed by atoms with Gasteiger partial charge in [-0.15, -0.1) is 0 Å². The van der Waals surface area contributed by atoms with Gasteiger partial charge in [0.05, 0.1) is 24.4 Å². The Hall–Kier alpha value is -2.18. The fraction of sp³-hybridized carbons (Fsp3) is 0.545. The maximum atomic E-state index is 13.2. The van der Waals surface area contributed by atoms with Crippen molar-refractivity contribution in [1.82, 2.24) is 19.7 Å². The Kier molecular flexibility index (Phi) is 6.39. The molecule has 0 radical (unpaired) electrons. The van der Waals surface area contributed by atoms with Gasteiger partial charge in [-0.3, -0.25) is 19.6 Å². The smallest absolute Gasteiger partial charge is 0.227 e. The van der Waals surface area contributed by atoms with Crippen molar-refractivity contribution >= 4 is 5.91 Å². The molecule has 0 bridgehead atoms. The zero-order valence-corrected chi connectivity index (χ0v) is 16.5. The van der Waals surface area contributed by atoms with E-state index in [1.165, 1.54) is 0 Å². The van der Waals surface area contributed by atoms with Crippen LogP contribution in [0.2, 0.25) is 0 Å². The zero-order chi connectivity index (χ0) is 19.2. The molecule has 6 heteroatoms. The van der Waals surface area contributed by atoms with Crippen LogP contribution in [0.4, 0.5) is 0 Å². The molecule has 2 aromatic rings. The third-order valence-corrected chi connectivity index (χ3v) is 5.83. The third-order valence-electron chi connectivity index (χ3n) is 5.83. The van der Waals surface area contributed by atoms with Crippen molar-refractivity contribution in [3.8, 4) is 0 Å². The van der Waals surface area contributed by atoms with Gasteiger partial charge in [-0.05, 0) is 50.1 Å². The van der Waals surface area contributed by atoms with Crippen molar-refractivity contribution in [2.45, 2.75) is 32.4 Å². The molecule has 2 fully saturated rings. The summed E-state index contributed by atoms with van der Waals surface area (Å²) in [5.74, 6) is 1.43. The molecule has 2 saturated heterocycles. The standard InChI is InChI=1S/C22H30N4O2/c27-22(19-6-3-10-25(16-19)18-21-8-4-15-28-21)26-12-5-11-24(13-14-26)17-20-7-1-2-9-23-20/h1-2,4,7-9,15,19H,3,5-6,10-14,16-18H2/t19-/m1/s1. The van der Waals surface area contributed by atoms with E-state index in [0.29, 0.717) is 5.91 Å². The minimum atomic E-state index is 0.117. The first-order chi connectivity index (χ1) is 13.8. The summed E-state index contributed by atoms with van der Waals surface area (Å²) < 4.78 is 5.48. The van der Waals surface area contributed by atoms with E-state index in [9.17, 15) is 4.79 Å². The molecule has 0 unspecified atom stereocenters. The number of likely N-dealkylation sites (tertiary alicyclic amines) is 1. The molecule has 0 aromatic carbocycles. The van der Waals surface area contributed by atoms with Crippen LogP contribution in [0.3, 0.4) is 0 Å². The molecule has 4 rings (SSSR count). The molecule has 0 spiro atoms. The van der Waals surface area contributed by atoms with Crippen LogP contribution in [0.15, 0.2) is 47.2 Å². The number of hydrogen-bond acceptors (Lipinski definition) is 5. The van der Waals surface area contributed by atoms with Gasteiger partial charge < -0.3 is 9.32 Å². The second-order valence-electron chi connectivity index (χ2n) is 7.93. The van der Waals surface area contributed by atoms with Crippen LogP contribution in [0.25, 0.3) is 0 Å². The van der Waals surface area contributed by atoms with Crippen molar-refractivity contribution in [2.75, 3.05) is 39.3 Å². The summed E-state index contributed by atoms with van der Waals surface area (Å²) in [6.45, 7) is 7.18. The number of carbonyl (C=O) groups is 1. The molecule has 28 heavy (non-hydrogen) atoms. The molecule has 1 amide bonds. The zero-order valence-electron chi connectivity index (χ0n) is 16.5. The molecular weight excluding hydrogens is 352 g/mol. The molecule has 0 aliphatic carbocycles. The average Bonchev–Trinajstić information content (AvgIpc) is 3.13. The summed E-state index contributed by atoms with van der Waals surface area (Å²) in [5.41, 5.74) is 1.10. The summed E-state index contributed by atoms with van der Waals surface area (Å²) in [6.07, 6.45) is 6.68. The lowest BCUT2D eigenvalue weighted by Crippen LogP contribution is -2.45. The van der Waals surface area contributed by atoms with Gasteiger partial charge >= 0.3 is 0 Å². The van der Waals surface area contributed by atoms with Gasteiger partial charge in [-0.25, -0.2) is 0 Å². The highest BCUT2D eigenvalue weighted by atomic mass is 16.3. The van der Waals surface area contributed by atoms with Crippen LogP contribution >= 0.6 is 0 Å². The minimum absolute atomic E-state index is 0.117. The molecule has 6 nitrogen and oxygen atoms in total. The third kappa shape index (κ3) is 5.00. The molecule has 0 saturated carbocycles. The van der Waals surface area contributed by atoms with E-state index in [2.05, 4.69) is 25.8 Å². The Labute approximate surface area is 167 Å². The molecule has 1 atom stereocenters. The van der Waals surface area contributed by atoms with Crippen molar-refractivity contribution in [3.63, 3.8) is 0 Å². The fourth-order valence-corrected chi connectivity index (χ4v) is 4.35. The lowest BCUT2D eigenvalue weighted by Gasteiger charge is -2.34. The molecule has 2 aromatic heterocycles. The van der Waals surface area contributed by atoms with Gasteiger partial charge in [-0.1, -0.05) is 6.07 Å². The summed E-state index contributed by atoms with van der Waals surface area (Å²) in [4.78, 5) is 24.5. The van der Waals surface area contributed by atoms with E-state index < -0.39 is 0 Å². The number of rotatable bonds is 5. The van der Waals surface area contributed by atoms with Gasteiger partial charge in [0.25, 0.3) is 0 Å². The van der Waals surface area contributed by atoms with Crippen molar-refractivity contribution in [1.29, 1.82) is 0 Å². The van der Waals surface area contributed by atoms with Crippen LogP contribution in [-0.2, 0) is 17.9 Å². The van der Waals surface area contributed by atoms with Crippen LogP contribution in [0.1, 0.15) is 30.7 Å². The second kappa shape index (κ2) is 9.34. The molecule has 4 heterocycles. The van der Waals surface area contributed by atoms with Gasteiger partial charge in [-0.2, -0.15) is 0 Å². The van der Waals surface area contributed by atoms with Gasteiger partial charge in [0.2, 0.25) is 5.91 Å². The average molecular weight is 383 g/mol. The van der Waals surface area contributed by atoms with Crippen molar-refractivity contribution < 1.29 is 9.21 Å². The van der Waals surface area contributed by atoms with Crippen LogP contribution in [-0.4, -0.2) is 64.9 Å². The van der Waals surface area contributed by atoms with Crippen LogP contribution < -0.4 is 0 Å². The van der Waals surface area contributed by atoms with Gasteiger partial charge in [0, 0.05) is 45.5 Å². The number of furan rings is 1. The number of aromatic nitrogens is 1. The van der Waals surface area contributed by atoms with E-state index in [1.807, 2.05) is 30.5 Å². The number of piperidine rings is 1. The van der Waals surface area contributed by atoms with E-state index in [4.69, 9.17) is 4.42 Å². The van der Waals surface area contributed by atoms with Crippen LogP contribution in [0.5, 0.6) is 0 Å². The fourth-order valence-electron chi connectivity index (χ4n) is 4.35. The Morgan fingerprint density at radius 1 is 1.00 bits per heavy atom. The SMILES string of the molecule is O=C([C@@H]1CCCN(Cc2ccco2)C1)N1CCCN(Cc2ccccn2)CC1. The minimum Gasteiger partial charge on any atom is -0.468 e. The monoisotopic (exact) mass is 382 g/mol. The van der Waals surface area contributed by atoms with E-state index >= 15 is 0 Å². The summed E-state index contributed by atoms with van der Waals surface area (Å²) in [6, 6.07) is 9.99. The first-order valence-corrected chi connectivity index (χ1v) is 10.4. The number of amides is 1. The number of hydrogen-bond donors (Lipinski definition) is 0. The number of nitrogens with zero attached hydrogens (tertiary/aromatic N) is 4. The highest BCUT2D eigenvalue weighted by Gasteiger charge is 2.30. The Bertz CT molecular complexity index is 734. The number of pyridine rings is 1. The van der Waals surface area contributed by atoms with E-state index in [0.717, 1.165) is 83.1 Å². The number of carbonyl (C=O) groups excluding carboxylic acids is 1. The van der Waals surface area contributed by atoms with Gasteiger partial charge in [0.1, 0.15) is 5.76 Å². The second-order valence-corrected chi connectivity index (χ2v) is 7.93. The van der Waals surface area contributed by atoms with Crippen molar-refractivity contribution in [2.24, 2.45) is 5.92 Å². The van der Waals surface area contributed by atoms with E-state index in [1.54, 1.807) is 6.26 Å². The molecule has 2 aliphatic heterocycles. The molecule has 150 valence electrons. The largest absolute Gasteiger partial charge is 0.468 e. The Morgan fingerprint density at radius 3 is 2.75 bits per heavy atom. The lowest BCUT2D eigenvalue weighted by molar-refractivity contribution is -0.137. The highest BCUT2D eigenvalue weighted by Crippen LogP contribution is 2.21. The summed E-state index contributed by atoms with van der Waals surface area (Å²) >= 11 is 0. The maximum absolute atomic E-state index is 13.2. The first kappa shape index (κ1) is 19.2. The molecule has 0 N–H and O–H groups in total. The van der Waals surface area contributed by atoms with Crippen molar-refractivity contribution in [3.05, 3.63) is 54.2 Å². The summed E-state index contributed by atoms with van der Waals surface area (Å²) in [7, 11) is 0. The maximum Gasteiger partial charge on any atom is 0.227 e. The quantitative estimate of drug-likeness (QED) is 0.796. The summed E-state index contributed by atoms with van der Waals surface area (Å²) in [5, 5.41) is 0. The topological polar surface area (TPSA) is 52.8 Å². The normalized spacial score (nSPS) is 22.1. The van der Waals surface area contributed by atoms with Crippen LogP contribution in [0, 0.1) is 5.92 Å². The Morgan fingerprint density at radius 2 is 1.93 bits per heavy atom. The lowest BCUT2D eigenvalue weighted by atomic mass is 9.96. The Balaban J connectivity index is 1.29. The van der Waals surface area contributed by atoms with E-state index in [-0.39, 0.29) is 5.92 Å². The predicted octanol–water partition coefficient (Wildman–Crippen LogP) is 2.62. The van der Waals surface area contributed by atoms with Gasteiger partial charge in [0.15, 0.2) is 0 Å². The predicted molar refractivity (Wildman–Crippen MR) is 107 cm³/mol. The first-order valence-electron chi connectivity index (χ1n) is 10.4.